The van der Waals surface area contributed by atoms with Crippen molar-refractivity contribution in [1.29, 1.82) is 0 Å². The van der Waals surface area contributed by atoms with Crippen molar-refractivity contribution in [2.75, 3.05) is 18.6 Å². The lowest BCUT2D eigenvalue weighted by Gasteiger charge is -2.23. The van der Waals surface area contributed by atoms with Crippen LogP contribution in [0.3, 0.4) is 0 Å². The molecule has 1 aliphatic heterocycles. The summed E-state index contributed by atoms with van der Waals surface area (Å²) in [5.74, 6) is 1.82. The van der Waals surface area contributed by atoms with Gasteiger partial charge < -0.3 is 0 Å². The summed E-state index contributed by atoms with van der Waals surface area (Å²) in [5.41, 5.74) is 0. The van der Waals surface area contributed by atoms with Crippen LogP contribution < -0.4 is 0 Å². The van der Waals surface area contributed by atoms with Crippen LogP contribution in [0, 0.1) is 0 Å². The number of nitrogens with zero attached hydrogens (tertiary/aromatic N) is 2. The van der Waals surface area contributed by atoms with Crippen molar-refractivity contribution in [3.63, 3.8) is 0 Å². The lowest BCUT2D eigenvalue weighted by atomic mass is 10.3. The van der Waals surface area contributed by atoms with Gasteiger partial charge in [-0.15, -0.1) is 0 Å². The van der Waals surface area contributed by atoms with Crippen LogP contribution in [0.25, 0.3) is 0 Å². The van der Waals surface area contributed by atoms with Gasteiger partial charge in [0.2, 0.25) is 10.0 Å². The van der Waals surface area contributed by atoms with E-state index in [1.54, 1.807) is 18.8 Å². The first-order chi connectivity index (χ1) is 8.43. The Balaban J connectivity index is 2.37. The van der Waals surface area contributed by atoms with E-state index in [2.05, 4.69) is 20.9 Å². The van der Waals surface area contributed by atoms with Gasteiger partial charge in [0.25, 0.3) is 0 Å². The number of hydrogen-bond acceptors (Lipinski definition) is 4. The molecular formula is C10H12BrClN2O2S2. The molecule has 0 bridgehead atoms. The summed E-state index contributed by atoms with van der Waals surface area (Å²) < 4.78 is 26.9. The molecule has 1 saturated heterocycles. The van der Waals surface area contributed by atoms with E-state index < -0.39 is 10.0 Å². The van der Waals surface area contributed by atoms with Crippen LogP contribution in [-0.4, -0.2) is 42.3 Å². The second-order valence-electron chi connectivity index (χ2n) is 3.98. The maximum atomic E-state index is 12.5. The van der Waals surface area contributed by atoms with Gasteiger partial charge in [0, 0.05) is 29.5 Å². The predicted octanol–water partition coefficient (Wildman–Crippen LogP) is 2.62. The third kappa shape index (κ3) is 2.85. The van der Waals surface area contributed by atoms with E-state index in [1.807, 2.05) is 0 Å². The standard InChI is InChI=1S/C10H12BrClN2O2S2/c1-14(8-2-3-17-6-8)18(15,16)9-4-7(11)5-13-10(9)12/h4-5,8H,2-3,6H2,1H3. The quantitative estimate of drug-likeness (QED) is 0.766. The molecule has 0 amide bonds. The first-order valence-electron chi connectivity index (χ1n) is 5.30. The second-order valence-corrected chi connectivity index (χ2v) is 8.37. The Morgan fingerprint density at radius 3 is 2.94 bits per heavy atom. The zero-order valence-corrected chi connectivity index (χ0v) is 13.6. The molecule has 1 aromatic heterocycles. The molecule has 18 heavy (non-hydrogen) atoms. The van der Waals surface area contributed by atoms with Crippen molar-refractivity contribution in [2.24, 2.45) is 0 Å². The van der Waals surface area contributed by atoms with Crippen LogP contribution in [0.4, 0.5) is 0 Å². The van der Waals surface area contributed by atoms with Gasteiger partial charge in [-0.3, -0.25) is 0 Å². The maximum Gasteiger partial charge on any atom is 0.246 e. The zero-order chi connectivity index (χ0) is 13.3. The van der Waals surface area contributed by atoms with E-state index in [4.69, 9.17) is 11.6 Å². The predicted molar refractivity (Wildman–Crippen MR) is 77.6 cm³/mol. The topological polar surface area (TPSA) is 50.3 Å². The molecule has 1 atom stereocenters. The van der Waals surface area contributed by atoms with E-state index in [9.17, 15) is 8.42 Å². The highest BCUT2D eigenvalue weighted by molar-refractivity contribution is 9.10. The molecule has 0 aromatic carbocycles. The smallest absolute Gasteiger partial charge is 0.242 e. The normalized spacial score (nSPS) is 20.6. The van der Waals surface area contributed by atoms with Gasteiger partial charge in [0.05, 0.1) is 0 Å². The molecule has 100 valence electrons. The first kappa shape index (κ1) is 14.6. The Labute approximate surface area is 124 Å². The van der Waals surface area contributed by atoms with Gasteiger partial charge in [0.1, 0.15) is 10.0 Å². The summed E-state index contributed by atoms with van der Waals surface area (Å²) in [4.78, 5) is 3.92. The van der Waals surface area contributed by atoms with E-state index in [-0.39, 0.29) is 16.1 Å². The average molecular weight is 372 g/mol. The van der Waals surface area contributed by atoms with E-state index in [0.29, 0.717) is 4.47 Å². The molecule has 4 nitrogen and oxygen atoms in total. The number of thioether (sulfide) groups is 1. The summed E-state index contributed by atoms with van der Waals surface area (Å²) in [5, 5.41) is 0.00991. The molecule has 1 unspecified atom stereocenters. The van der Waals surface area contributed by atoms with Crippen LogP contribution in [0.2, 0.25) is 5.15 Å². The second kappa shape index (κ2) is 5.66. The number of aromatic nitrogens is 1. The van der Waals surface area contributed by atoms with Crippen LogP contribution in [-0.2, 0) is 10.0 Å². The third-order valence-electron chi connectivity index (χ3n) is 2.85. The molecule has 0 N–H and O–H groups in total. The fourth-order valence-electron chi connectivity index (χ4n) is 1.75. The number of sulfonamides is 1. The summed E-state index contributed by atoms with van der Waals surface area (Å²) in [7, 11) is -1.98. The average Bonchev–Trinajstić information content (AvgIpc) is 2.84. The lowest BCUT2D eigenvalue weighted by molar-refractivity contribution is 0.394. The van der Waals surface area contributed by atoms with Crippen molar-refractivity contribution in [3.05, 3.63) is 21.9 Å². The minimum atomic E-state index is -3.58. The minimum Gasteiger partial charge on any atom is -0.242 e. The minimum absolute atomic E-state index is 0.00991. The Bertz CT molecular complexity index is 547. The molecule has 0 saturated carbocycles. The molecule has 1 fully saturated rings. The van der Waals surface area contributed by atoms with Gasteiger partial charge in [0.15, 0.2) is 0 Å². The molecular weight excluding hydrogens is 360 g/mol. The molecule has 0 radical (unpaired) electrons. The summed E-state index contributed by atoms with van der Waals surface area (Å²) in [6.07, 6.45) is 2.35. The molecule has 0 spiro atoms. The highest BCUT2D eigenvalue weighted by Gasteiger charge is 2.32. The summed E-state index contributed by atoms with van der Waals surface area (Å²) >= 11 is 10.9. The number of hydrogen-bond donors (Lipinski definition) is 0. The van der Waals surface area contributed by atoms with E-state index in [0.717, 1.165) is 17.9 Å². The van der Waals surface area contributed by atoms with Crippen molar-refractivity contribution in [1.82, 2.24) is 9.29 Å². The highest BCUT2D eigenvalue weighted by atomic mass is 79.9. The van der Waals surface area contributed by atoms with Gasteiger partial charge in [-0.1, -0.05) is 11.6 Å². The maximum absolute atomic E-state index is 12.5. The van der Waals surface area contributed by atoms with Crippen LogP contribution >= 0.6 is 39.3 Å². The number of rotatable bonds is 3. The van der Waals surface area contributed by atoms with Crippen molar-refractivity contribution >= 4 is 49.3 Å². The molecule has 1 aliphatic rings. The van der Waals surface area contributed by atoms with Crippen LogP contribution in [0.1, 0.15) is 6.42 Å². The Morgan fingerprint density at radius 2 is 2.33 bits per heavy atom. The summed E-state index contributed by atoms with van der Waals surface area (Å²) in [6, 6.07) is 1.53. The fourth-order valence-corrected chi connectivity index (χ4v) is 5.41. The Kier molecular flexibility index (Phi) is 4.59. The van der Waals surface area contributed by atoms with Crippen LogP contribution in [0.15, 0.2) is 21.6 Å². The van der Waals surface area contributed by atoms with Gasteiger partial charge >= 0.3 is 0 Å². The Morgan fingerprint density at radius 1 is 1.61 bits per heavy atom. The number of halogens is 2. The van der Waals surface area contributed by atoms with Crippen LogP contribution in [0.5, 0.6) is 0 Å². The first-order valence-corrected chi connectivity index (χ1v) is 9.06. The molecule has 0 aliphatic carbocycles. The van der Waals surface area contributed by atoms with Crippen molar-refractivity contribution in [2.45, 2.75) is 17.4 Å². The van der Waals surface area contributed by atoms with Crippen molar-refractivity contribution < 1.29 is 8.42 Å². The SMILES string of the molecule is CN(C1CCSC1)S(=O)(=O)c1cc(Br)cnc1Cl. The molecule has 8 heteroatoms. The summed E-state index contributed by atoms with van der Waals surface area (Å²) in [6.45, 7) is 0. The highest BCUT2D eigenvalue weighted by Crippen LogP contribution is 2.29. The fraction of sp³-hybridized carbons (Fsp3) is 0.500. The third-order valence-corrected chi connectivity index (χ3v) is 6.77. The Hall–Kier alpha value is 0.180. The zero-order valence-electron chi connectivity index (χ0n) is 9.64. The molecule has 2 rings (SSSR count). The molecule has 1 aromatic rings. The lowest BCUT2D eigenvalue weighted by Crippen LogP contribution is -2.37. The van der Waals surface area contributed by atoms with Crippen molar-refractivity contribution in [3.8, 4) is 0 Å². The largest absolute Gasteiger partial charge is 0.246 e. The monoisotopic (exact) mass is 370 g/mol. The van der Waals surface area contributed by atoms with E-state index in [1.165, 1.54) is 16.6 Å². The van der Waals surface area contributed by atoms with Gasteiger partial charge in [-0.25, -0.2) is 13.4 Å². The number of pyridine rings is 1. The van der Waals surface area contributed by atoms with E-state index >= 15 is 0 Å². The molecule has 2 heterocycles. The van der Waals surface area contributed by atoms with Gasteiger partial charge in [-0.2, -0.15) is 16.1 Å². The van der Waals surface area contributed by atoms with Gasteiger partial charge in [-0.05, 0) is 34.2 Å².